The van der Waals surface area contributed by atoms with Gasteiger partial charge in [0.2, 0.25) is 0 Å². The van der Waals surface area contributed by atoms with Crippen LogP contribution in [0.2, 0.25) is 0 Å². The summed E-state index contributed by atoms with van der Waals surface area (Å²) in [6.07, 6.45) is 2.54. The number of aryl methyl sites for hydroxylation is 2. The van der Waals surface area contributed by atoms with Crippen molar-refractivity contribution in [3.05, 3.63) is 71.8 Å². The van der Waals surface area contributed by atoms with Crippen molar-refractivity contribution in [2.24, 2.45) is 0 Å². The average Bonchev–Trinajstić information content (AvgIpc) is 2.50. The first kappa shape index (κ1) is 15.8. The van der Waals surface area contributed by atoms with Gasteiger partial charge in [-0.3, -0.25) is 4.79 Å². The number of rotatable bonds is 6. The number of carbonyl (C=O) groups is 1. The second-order valence-electron chi connectivity index (χ2n) is 5.20. The number of ether oxygens (including phenoxy) is 1. The summed E-state index contributed by atoms with van der Waals surface area (Å²) in [5.41, 5.74) is 3.97. The Labute approximate surface area is 131 Å². The molecule has 0 aliphatic carbocycles. The molecular weight excluding hydrogens is 274 g/mol. The molecule has 114 valence electrons. The van der Waals surface area contributed by atoms with Crippen LogP contribution in [0.4, 0.5) is 5.69 Å². The van der Waals surface area contributed by atoms with E-state index in [1.807, 2.05) is 62.4 Å². The topological polar surface area (TPSA) is 38.3 Å². The zero-order chi connectivity index (χ0) is 15.9. The number of hydrogen-bond acceptors (Lipinski definition) is 2. The van der Waals surface area contributed by atoms with Gasteiger partial charge in [-0.2, -0.15) is 0 Å². The van der Waals surface area contributed by atoms with Gasteiger partial charge in [-0.05, 0) is 43.0 Å². The highest BCUT2D eigenvalue weighted by Gasteiger charge is 2.09. The van der Waals surface area contributed by atoms with Crippen LogP contribution in [-0.4, -0.2) is 12.5 Å². The Bertz CT molecular complexity index is 657. The van der Waals surface area contributed by atoms with Crippen LogP contribution in [-0.2, 0) is 11.2 Å². The Morgan fingerprint density at radius 2 is 1.82 bits per heavy atom. The number of amides is 1. The molecule has 0 atom stereocenters. The van der Waals surface area contributed by atoms with Gasteiger partial charge in [-0.15, -0.1) is 6.58 Å². The van der Waals surface area contributed by atoms with E-state index in [1.54, 1.807) is 0 Å². The average molecular weight is 295 g/mol. The fraction of sp³-hybridized carbons (Fsp3) is 0.211. The molecule has 0 aromatic heterocycles. The van der Waals surface area contributed by atoms with Crippen molar-refractivity contribution in [2.45, 2.75) is 20.3 Å². The molecule has 22 heavy (non-hydrogen) atoms. The molecule has 0 spiro atoms. The summed E-state index contributed by atoms with van der Waals surface area (Å²) in [5.74, 6) is 0.560. The summed E-state index contributed by atoms with van der Waals surface area (Å²) in [7, 11) is 0. The van der Waals surface area contributed by atoms with Crippen LogP contribution >= 0.6 is 0 Å². The molecule has 1 amide bonds. The number of benzene rings is 2. The van der Waals surface area contributed by atoms with Crippen LogP contribution in [0, 0.1) is 13.8 Å². The highest BCUT2D eigenvalue weighted by Crippen LogP contribution is 2.21. The Kier molecular flexibility index (Phi) is 5.37. The molecular formula is C19H21NO2. The molecule has 2 rings (SSSR count). The number of hydrogen-bond donors (Lipinski definition) is 1. The zero-order valence-electron chi connectivity index (χ0n) is 13.1. The van der Waals surface area contributed by atoms with Gasteiger partial charge in [0.15, 0.2) is 6.61 Å². The Morgan fingerprint density at radius 3 is 2.50 bits per heavy atom. The lowest BCUT2D eigenvalue weighted by atomic mass is 10.1. The summed E-state index contributed by atoms with van der Waals surface area (Å²) in [4.78, 5) is 12.1. The lowest BCUT2D eigenvalue weighted by molar-refractivity contribution is -0.118. The van der Waals surface area contributed by atoms with E-state index in [2.05, 4.69) is 11.9 Å². The third-order valence-electron chi connectivity index (χ3n) is 3.44. The third-order valence-corrected chi connectivity index (χ3v) is 3.44. The zero-order valence-corrected chi connectivity index (χ0v) is 13.1. The fourth-order valence-corrected chi connectivity index (χ4v) is 2.30. The first-order chi connectivity index (χ1) is 10.6. The lowest BCUT2D eigenvalue weighted by Gasteiger charge is -2.13. The maximum Gasteiger partial charge on any atom is 0.262 e. The smallest absolute Gasteiger partial charge is 0.262 e. The maximum atomic E-state index is 12.1. The minimum absolute atomic E-state index is 0.0120. The van der Waals surface area contributed by atoms with Crippen molar-refractivity contribution in [2.75, 3.05) is 11.9 Å². The minimum Gasteiger partial charge on any atom is -0.483 e. The van der Waals surface area contributed by atoms with Gasteiger partial charge in [-0.1, -0.05) is 42.5 Å². The van der Waals surface area contributed by atoms with Gasteiger partial charge in [0, 0.05) is 5.69 Å². The van der Waals surface area contributed by atoms with Crippen LogP contribution in [0.5, 0.6) is 5.75 Å². The van der Waals surface area contributed by atoms with Crippen molar-refractivity contribution in [1.29, 1.82) is 0 Å². The van der Waals surface area contributed by atoms with Gasteiger partial charge in [0.05, 0.1) is 0 Å². The predicted molar refractivity (Wildman–Crippen MR) is 90.4 cm³/mol. The second kappa shape index (κ2) is 7.46. The molecule has 0 radical (unpaired) electrons. The number of carbonyl (C=O) groups excluding carboxylic acids is 1. The van der Waals surface area contributed by atoms with Crippen LogP contribution in [0.25, 0.3) is 0 Å². The second-order valence-corrected chi connectivity index (χ2v) is 5.20. The van der Waals surface area contributed by atoms with Crippen molar-refractivity contribution >= 4 is 11.6 Å². The van der Waals surface area contributed by atoms with E-state index < -0.39 is 0 Å². The van der Waals surface area contributed by atoms with E-state index in [9.17, 15) is 4.79 Å². The van der Waals surface area contributed by atoms with E-state index >= 15 is 0 Å². The molecule has 0 aliphatic heterocycles. The summed E-state index contributed by atoms with van der Waals surface area (Å²) in [6.45, 7) is 7.67. The SMILES string of the molecule is C=CCc1ccccc1OCC(=O)Nc1c(C)cccc1C. The normalized spacial score (nSPS) is 10.1. The van der Waals surface area contributed by atoms with Crippen molar-refractivity contribution in [1.82, 2.24) is 0 Å². The standard InChI is InChI=1S/C19H21NO2/c1-4-8-16-11-5-6-12-17(16)22-13-18(21)20-19-14(2)9-7-10-15(19)3/h4-7,9-12H,1,8,13H2,2-3H3,(H,20,21). The molecule has 3 heteroatoms. The van der Waals surface area contributed by atoms with Crippen LogP contribution in [0.1, 0.15) is 16.7 Å². The molecule has 0 aliphatic rings. The van der Waals surface area contributed by atoms with Gasteiger partial charge in [0.25, 0.3) is 5.91 Å². The summed E-state index contributed by atoms with van der Waals surface area (Å²) in [5, 5.41) is 2.92. The molecule has 0 bridgehead atoms. The number of nitrogens with one attached hydrogen (secondary N) is 1. The van der Waals surface area contributed by atoms with E-state index in [0.717, 1.165) is 28.1 Å². The van der Waals surface area contributed by atoms with Gasteiger partial charge in [0.1, 0.15) is 5.75 Å². The first-order valence-electron chi connectivity index (χ1n) is 7.29. The van der Waals surface area contributed by atoms with Gasteiger partial charge < -0.3 is 10.1 Å². The highest BCUT2D eigenvalue weighted by atomic mass is 16.5. The van der Waals surface area contributed by atoms with Crippen LogP contribution < -0.4 is 10.1 Å². The first-order valence-corrected chi connectivity index (χ1v) is 7.29. The Hall–Kier alpha value is -2.55. The number of para-hydroxylation sites is 2. The minimum atomic E-state index is -0.161. The predicted octanol–water partition coefficient (Wildman–Crippen LogP) is 4.05. The summed E-state index contributed by atoms with van der Waals surface area (Å²) < 4.78 is 5.64. The van der Waals surface area contributed by atoms with Gasteiger partial charge >= 0.3 is 0 Å². The third kappa shape index (κ3) is 3.98. The molecule has 0 saturated carbocycles. The highest BCUT2D eigenvalue weighted by molar-refractivity contribution is 5.93. The molecule has 3 nitrogen and oxygen atoms in total. The molecule has 2 aromatic rings. The summed E-state index contributed by atoms with van der Waals surface area (Å²) in [6, 6.07) is 13.6. The lowest BCUT2D eigenvalue weighted by Crippen LogP contribution is -2.21. The summed E-state index contributed by atoms with van der Waals surface area (Å²) >= 11 is 0. The molecule has 0 heterocycles. The van der Waals surface area contributed by atoms with Crippen molar-refractivity contribution in [3.8, 4) is 5.75 Å². The van der Waals surface area contributed by atoms with Crippen molar-refractivity contribution in [3.63, 3.8) is 0 Å². The molecule has 0 fully saturated rings. The monoisotopic (exact) mass is 295 g/mol. The fourth-order valence-electron chi connectivity index (χ4n) is 2.30. The van der Waals surface area contributed by atoms with E-state index in [4.69, 9.17) is 4.74 Å². The maximum absolute atomic E-state index is 12.1. The molecule has 2 aromatic carbocycles. The molecule has 1 N–H and O–H groups in total. The van der Waals surface area contributed by atoms with Gasteiger partial charge in [-0.25, -0.2) is 0 Å². The van der Waals surface area contributed by atoms with Crippen LogP contribution in [0.3, 0.4) is 0 Å². The Balaban J connectivity index is 2.00. The van der Waals surface area contributed by atoms with Crippen LogP contribution in [0.15, 0.2) is 55.1 Å². The number of allylic oxidation sites excluding steroid dienone is 1. The number of anilines is 1. The quantitative estimate of drug-likeness (QED) is 0.816. The van der Waals surface area contributed by atoms with E-state index in [-0.39, 0.29) is 12.5 Å². The van der Waals surface area contributed by atoms with E-state index in [1.165, 1.54) is 0 Å². The Morgan fingerprint density at radius 1 is 1.14 bits per heavy atom. The van der Waals surface area contributed by atoms with Crippen molar-refractivity contribution < 1.29 is 9.53 Å². The molecule has 0 saturated heterocycles. The molecule has 0 unspecified atom stereocenters. The largest absolute Gasteiger partial charge is 0.483 e. The van der Waals surface area contributed by atoms with E-state index in [0.29, 0.717) is 6.42 Å².